The summed E-state index contributed by atoms with van der Waals surface area (Å²) < 4.78 is 16.2. The number of carbonyl (C=O) groups excluding carboxylic acids is 7. The number of rotatable bonds is 38. The zero-order chi connectivity index (χ0) is 102. The lowest BCUT2D eigenvalue weighted by molar-refractivity contribution is 0.0893. The van der Waals surface area contributed by atoms with E-state index in [1.807, 2.05) is 197 Å². The number of nitrogens with zero attached hydrogens (tertiary/aromatic N) is 7. The standard InChI is InChI=1S/2C17H15NO2S.C16H20ClNO2S.2C16H21NO2S.C15H18BrNO2S.C15H19NO2S/c1-12-5-4-6-13(11-12)9-10-16(19)18-14-7-2-3-8-15(14)21-17(18)20;1-12-6-2-3-7-13(12)10-11-16(19)18-14-8-4-5-9-15(14)21-17(18)20;1-2-3-4-5-6-7-8-15(19)18-13-11-12(17)9-10-14(13)21-16(18)20;1-3-4-5-6-7-8-15(18)17-13-10-9-12(2)11-14(13)20-16(17)19;1-2-3-4-5-6-7-12-15(18)17-13-10-8-9-11-14(13)20-16(17)19;1-2-3-4-5-6-7-14(18)17-12-9-8-11(16)10-13(12)20-15(17)19;1-2-3-4-5-6-11-14(17)16-12-9-7-8-10-13(12)19-15(16)18/h2-8,11H,9-10H2,1H3;2-9H,10-11H2,1H3;9-11H,2-8H2,1H3;9-11H,3-8H2,1-2H3;8-11H,2-7,12H2,1H3;8-10H,2-7H2,1H3;7-10H,2-6,11H2,1H3. The van der Waals surface area contributed by atoms with E-state index in [1.165, 1.54) is 139 Å². The minimum Gasteiger partial charge on any atom is -0.274 e. The lowest BCUT2D eigenvalue weighted by Gasteiger charge is -2.05. The van der Waals surface area contributed by atoms with E-state index in [2.05, 4.69) is 56.6 Å². The molecule has 0 amide bonds. The van der Waals surface area contributed by atoms with E-state index >= 15 is 0 Å². The molecule has 0 radical (unpaired) electrons. The highest BCUT2D eigenvalue weighted by Gasteiger charge is 2.22. The van der Waals surface area contributed by atoms with Crippen LogP contribution in [0.2, 0.25) is 5.02 Å². The fourth-order valence-corrected chi connectivity index (χ4v) is 23.4. The largest absolute Gasteiger partial charge is 0.314 e. The predicted octanol–water partition coefficient (Wildman–Crippen LogP) is 30.1. The molecule has 30 heteroatoms. The molecule has 21 nitrogen and oxygen atoms in total. The van der Waals surface area contributed by atoms with E-state index in [4.69, 9.17) is 11.6 Å². The Morgan fingerprint density at radius 3 is 0.873 bits per heavy atom. The molecule has 752 valence electrons. The molecule has 0 aliphatic rings. The molecule has 0 N–H and O–H groups in total. The quantitative estimate of drug-likeness (QED) is 0.0326. The number of thiazole rings is 7. The molecule has 7 aromatic heterocycles. The van der Waals surface area contributed by atoms with Crippen LogP contribution in [0.1, 0.15) is 314 Å². The summed E-state index contributed by atoms with van der Waals surface area (Å²) in [4.78, 5) is 168. The Labute approximate surface area is 869 Å². The van der Waals surface area contributed by atoms with Crippen LogP contribution in [0.15, 0.2) is 238 Å². The molecule has 16 aromatic rings. The van der Waals surface area contributed by atoms with Gasteiger partial charge in [0.1, 0.15) is 0 Å². The van der Waals surface area contributed by atoms with E-state index in [9.17, 15) is 67.1 Å². The first-order chi connectivity index (χ1) is 68.7. The lowest BCUT2D eigenvalue weighted by Crippen LogP contribution is -2.21. The van der Waals surface area contributed by atoms with Gasteiger partial charge in [0.05, 0.1) is 71.5 Å². The number of halogens is 2. The van der Waals surface area contributed by atoms with Gasteiger partial charge in [0.15, 0.2) is 0 Å². The van der Waals surface area contributed by atoms with Crippen molar-refractivity contribution < 1.29 is 33.6 Å². The number of benzene rings is 9. The number of unbranched alkanes of at least 4 members (excludes halogenated alkanes) is 22. The van der Waals surface area contributed by atoms with Crippen LogP contribution in [-0.2, 0) is 12.8 Å². The Bertz CT molecular complexity index is 7250. The van der Waals surface area contributed by atoms with Crippen LogP contribution in [0.3, 0.4) is 0 Å². The number of hydrogen-bond acceptors (Lipinski definition) is 21. The number of hydrogen-bond donors (Lipinski definition) is 0. The maximum Gasteiger partial charge on any atom is 0.314 e. The molecule has 0 aliphatic carbocycles. The molecule has 9 aromatic carbocycles. The van der Waals surface area contributed by atoms with Gasteiger partial charge in [-0.05, 0) is 185 Å². The molecular weight excluding hydrogens is 2010 g/mol. The molecular formula is C112H129BrClN7O14S7. The van der Waals surface area contributed by atoms with Gasteiger partial charge in [-0.25, -0.2) is 32.0 Å². The van der Waals surface area contributed by atoms with Crippen molar-refractivity contribution in [3.63, 3.8) is 0 Å². The van der Waals surface area contributed by atoms with Gasteiger partial charge in [-0.2, -0.15) is 0 Å². The Morgan fingerprint density at radius 2 is 0.521 bits per heavy atom. The van der Waals surface area contributed by atoms with Crippen molar-refractivity contribution >= 4 is 220 Å². The van der Waals surface area contributed by atoms with Crippen LogP contribution in [0.5, 0.6) is 0 Å². The summed E-state index contributed by atoms with van der Waals surface area (Å²) in [5.74, 6) is -0.688. The monoisotopic (exact) mass is 2130 g/mol. The number of carbonyl (C=O) groups is 7. The number of fused-ring (bicyclic) bond motifs is 7. The third-order valence-electron chi connectivity index (χ3n) is 24.1. The predicted molar refractivity (Wildman–Crippen MR) is 600 cm³/mol. The molecule has 0 spiro atoms. The van der Waals surface area contributed by atoms with Crippen LogP contribution in [0, 0.1) is 20.8 Å². The fraction of sp³-hybridized carbons (Fsp3) is 0.393. The molecule has 0 saturated carbocycles. The summed E-state index contributed by atoms with van der Waals surface area (Å²) in [6.45, 7) is 16.9. The van der Waals surface area contributed by atoms with Crippen molar-refractivity contribution in [3.05, 3.63) is 305 Å². The molecule has 7 heterocycles. The second-order valence-corrected chi connectivity index (χ2v) is 43.5. The van der Waals surface area contributed by atoms with E-state index in [1.54, 1.807) is 18.2 Å². The summed E-state index contributed by atoms with van der Waals surface area (Å²) in [7, 11) is 0. The first-order valence-electron chi connectivity index (χ1n) is 49.7. The molecule has 0 unspecified atom stereocenters. The average molecular weight is 2140 g/mol. The summed E-state index contributed by atoms with van der Waals surface area (Å²) in [5, 5.41) is 0.543. The van der Waals surface area contributed by atoms with Crippen LogP contribution < -0.4 is 34.1 Å². The van der Waals surface area contributed by atoms with Crippen LogP contribution in [0.4, 0.5) is 0 Å². The van der Waals surface area contributed by atoms with Crippen molar-refractivity contribution in [2.75, 3.05) is 0 Å². The molecule has 0 fully saturated rings. The van der Waals surface area contributed by atoms with Gasteiger partial charge in [-0.15, -0.1) is 0 Å². The van der Waals surface area contributed by atoms with Crippen molar-refractivity contribution in [3.8, 4) is 0 Å². The smallest absolute Gasteiger partial charge is 0.274 e. The van der Waals surface area contributed by atoms with Crippen LogP contribution in [-0.4, -0.2) is 73.3 Å². The first kappa shape index (κ1) is 113. The van der Waals surface area contributed by atoms with Crippen molar-refractivity contribution in [1.29, 1.82) is 0 Å². The minimum absolute atomic E-state index is 0.0667. The van der Waals surface area contributed by atoms with Crippen LogP contribution >= 0.6 is 107 Å². The molecule has 0 aliphatic heterocycles. The Kier molecular flexibility index (Phi) is 47.4. The Balaban J connectivity index is 0.000000170. The summed E-state index contributed by atoms with van der Waals surface area (Å²) in [6, 6.07) is 62.4. The second-order valence-electron chi connectivity index (χ2n) is 35.2. The van der Waals surface area contributed by atoms with Gasteiger partial charge in [0, 0.05) is 54.4 Å². The third-order valence-corrected chi connectivity index (χ3v) is 31.2. The topological polar surface area (TPSA) is 273 Å². The zero-order valence-corrected chi connectivity index (χ0v) is 90.5. The van der Waals surface area contributed by atoms with Crippen LogP contribution in [0.25, 0.3) is 71.5 Å². The maximum atomic E-state index is 12.4. The van der Waals surface area contributed by atoms with Gasteiger partial charge >= 0.3 is 34.1 Å². The van der Waals surface area contributed by atoms with Crippen molar-refractivity contribution in [2.45, 2.75) is 287 Å². The summed E-state index contributed by atoms with van der Waals surface area (Å²) >= 11 is 17.2. The highest BCUT2D eigenvalue weighted by molar-refractivity contribution is 9.10. The molecule has 16 rings (SSSR count). The highest BCUT2D eigenvalue weighted by Crippen LogP contribution is 2.29. The van der Waals surface area contributed by atoms with Gasteiger partial charge < -0.3 is 0 Å². The lowest BCUT2D eigenvalue weighted by atomic mass is 10.0. The highest BCUT2D eigenvalue weighted by atomic mass is 79.9. The second kappa shape index (κ2) is 59.5. The van der Waals surface area contributed by atoms with E-state index < -0.39 is 0 Å². The van der Waals surface area contributed by atoms with Crippen molar-refractivity contribution in [2.24, 2.45) is 0 Å². The Hall–Kier alpha value is -10.7. The summed E-state index contributed by atoms with van der Waals surface area (Å²) in [5.41, 5.74) is 10.8. The number of aromatic nitrogens is 7. The first-order valence-corrected chi connectivity index (χ1v) is 56.6. The molecule has 0 saturated heterocycles. The Morgan fingerprint density at radius 1 is 0.246 bits per heavy atom. The zero-order valence-electron chi connectivity index (χ0n) is 82.5. The van der Waals surface area contributed by atoms with Gasteiger partial charge in [-0.1, -0.05) is 391 Å². The minimum atomic E-state index is -0.219. The van der Waals surface area contributed by atoms with Gasteiger partial charge in [0.2, 0.25) is 41.4 Å². The number of para-hydroxylation sites is 4. The third kappa shape index (κ3) is 33.4. The van der Waals surface area contributed by atoms with E-state index in [0.717, 1.165) is 233 Å². The molecule has 0 bridgehead atoms. The van der Waals surface area contributed by atoms with Gasteiger partial charge in [-0.3, -0.25) is 67.1 Å². The van der Waals surface area contributed by atoms with E-state index in [-0.39, 0.29) is 75.5 Å². The molecule has 142 heavy (non-hydrogen) atoms. The van der Waals surface area contributed by atoms with E-state index in [0.29, 0.717) is 79.4 Å². The van der Waals surface area contributed by atoms with Crippen molar-refractivity contribution in [1.82, 2.24) is 32.0 Å². The molecule has 0 atom stereocenters. The van der Waals surface area contributed by atoms with Gasteiger partial charge in [0.25, 0.3) is 0 Å². The SMILES string of the molecule is CCCCCCCC(=O)n1c(=O)sc2cc(Br)ccc21.CCCCCCCC(=O)n1c(=O)sc2cc(C)ccc21.CCCCCCCC(=O)n1c(=O)sc2ccccc21.CCCCCCCCC(=O)n1c(=O)sc2ccc(Cl)cc21.CCCCCCCCC(=O)n1c(=O)sc2ccccc21.Cc1cccc(CCC(=O)n2c(=O)sc3ccccc32)c1.Cc1ccccc1CCC(=O)n1c(=O)sc2ccccc21. The number of aryl methyl sites for hydroxylation is 5. The maximum absolute atomic E-state index is 12.4. The summed E-state index contributed by atoms with van der Waals surface area (Å²) in [6.07, 6.45) is 34.4. The fourth-order valence-electron chi connectivity index (χ4n) is 16.4. The normalized spacial score (nSPS) is 11.0. The average Bonchev–Trinajstić information content (AvgIpc) is 1.76.